The molecule has 0 aliphatic rings. The molecule has 2 aromatic carbocycles. The summed E-state index contributed by atoms with van der Waals surface area (Å²) in [6.07, 6.45) is 7.63. The molecule has 5 aromatic rings. The van der Waals surface area contributed by atoms with Crippen LogP contribution < -0.4 is 4.72 Å². The Hall–Kier alpha value is -4.24. The highest BCUT2D eigenvalue weighted by Crippen LogP contribution is 2.27. The molecule has 1 N–H and O–H groups in total. The Kier molecular flexibility index (Phi) is 5.45. The average Bonchev–Trinajstić information content (AvgIpc) is 2.85. The number of nitrogens with one attached hydrogen (secondary N) is 1. The van der Waals surface area contributed by atoms with Crippen molar-refractivity contribution in [3.63, 3.8) is 0 Å². The van der Waals surface area contributed by atoms with Crippen LogP contribution in [-0.4, -0.2) is 33.3 Å². The number of rotatable bonds is 6. The lowest BCUT2D eigenvalue weighted by Gasteiger charge is -2.10. The second-order valence-electron chi connectivity index (χ2n) is 7.36. The van der Waals surface area contributed by atoms with Crippen molar-refractivity contribution in [1.29, 1.82) is 0 Å². The second kappa shape index (κ2) is 8.71. The highest BCUT2D eigenvalue weighted by atomic mass is 32.2. The largest absolute Gasteiger partial charge is 0.266 e. The molecule has 0 unspecified atom stereocenters. The predicted molar refractivity (Wildman–Crippen MR) is 126 cm³/mol. The van der Waals surface area contributed by atoms with Crippen molar-refractivity contribution in [2.24, 2.45) is 0 Å². The van der Waals surface area contributed by atoms with E-state index in [4.69, 9.17) is 0 Å². The number of hydrogen-bond donors (Lipinski definition) is 1. The zero-order chi connectivity index (χ0) is 22.7. The van der Waals surface area contributed by atoms with Gasteiger partial charge in [-0.2, -0.15) is 0 Å². The minimum Gasteiger partial charge on any atom is -0.266 e. The third-order valence-electron chi connectivity index (χ3n) is 5.03. The number of fused-ring (bicyclic) bond motifs is 1. The van der Waals surface area contributed by atoms with Crippen LogP contribution in [0.25, 0.3) is 33.3 Å². The molecule has 162 valence electrons. The number of aromatic nitrogens is 5. The molecular formula is C24H18N6O2S. The molecule has 0 bridgehead atoms. The fraction of sp³-hybridized carbons (Fsp3) is 0.0417. The molecule has 0 aliphatic carbocycles. The smallest absolute Gasteiger partial charge is 0.238 e. The number of sulfonamides is 1. The van der Waals surface area contributed by atoms with Crippen LogP contribution in [0.5, 0.6) is 0 Å². The van der Waals surface area contributed by atoms with Gasteiger partial charge >= 0.3 is 0 Å². The van der Waals surface area contributed by atoms with E-state index in [1.54, 1.807) is 24.5 Å². The van der Waals surface area contributed by atoms with Gasteiger partial charge in [0.2, 0.25) is 10.0 Å². The van der Waals surface area contributed by atoms with Crippen LogP contribution in [0.1, 0.15) is 5.56 Å². The van der Waals surface area contributed by atoms with Crippen molar-refractivity contribution in [2.45, 2.75) is 5.75 Å². The Balaban J connectivity index is 1.37. The molecule has 3 heterocycles. The SMILES string of the molecule is O=S(=O)(Cc1ccc(-c2cncnc2)nc1)Nc1ncnc2cc(-c3ccccc3)ccc12. The van der Waals surface area contributed by atoms with Crippen LogP contribution in [0.2, 0.25) is 0 Å². The maximum absolute atomic E-state index is 12.8. The minimum absolute atomic E-state index is 0.237. The van der Waals surface area contributed by atoms with Crippen molar-refractivity contribution in [2.75, 3.05) is 4.72 Å². The first-order chi connectivity index (χ1) is 16.1. The van der Waals surface area contributed by atoms with E-state index in [1.807, 2.05) is 48.5 Å². The van der Waals surface area contributed by atoms with Crippen LogP contribution in [0.15, 0.2) is 91.9 Å². The van der Waals surface area contributed by atoms with Crippen LogP contribution in [0, 0.1) is 0 Å². The van der Waals surface area contributed by atoms with Gasteiger partial charge in [0, 0.05) is 29.5 Å². The molecule has 0 aliphatic heterocycles. The summed E-state index contributed by atoms with van der Waals surface area (Å²) in [5.74, 6) is 0.00438. The molecule has 0 radical (unpaired) electrons. The van der Waals surface area contributed by atoms with Crippen molar-refractivity contribution >= 4 is 26.7 Å². The van der Waals surface area contributed by atoms with Crippen LogP contribution in [0.4, 0.5) is 5.82 Å². The lowest BCUT2D eigenvalue weighted by Crippen LogP contribution is -2.16. The summed E-state index contributed by atoms with van der Waals surface area (Å²) in [5.41, 5.74) is 4.67. The summed E-state index contributed by atoms with van der Waals surface area (Å²) in [4.78, 5) is 20.7. The van der Waals surface area contributed by atoms with Crippen molar-refractivity contribution in [1.82, 2.24) is 24.9 Å². The summed E-state index contributed by atoms with van der Waals surface area (Å²) in [7, 11) is -3.72. The molecule has 3 aromatic heterocycles. The summed E-state index contributed by atoms with van der Waals surface area (Å²) in [6, 6.07) is 19.0. The first-order valence-corrected chi connectivity index (χ1v) is 11.7. The van der Waals surface area contributed by atoms with E-state index in [0.717, 1.165) is 16.7 Å². The van der Waals surface area contributed by atoms with E-state index in [9.17, 15) is 8.42 Å². The standard InChI is InChI=1S/C24H18N6O2S/c31-33(32,14-17-6-9-22(27-11-17)20-12-25-15-26-13-20)30-24-21-8-7-19(10-23(21)28-16-29-24)18-4-2-1-3-5-18/h1-13,15-16H,14H2,(H,28,29,30). The van der Waals surface area contributed by atoms with Gasteiger partial charge in [-0.3, -0.25) is 9.71 Å². The van der Waals surface area contributed by atoms with Gasteiger partial charge in [-0.1, -0.05) is 42.5 Å². The number of nitrogens with zero attached hydrogens (tertiary/aromatic N) is 5. The molecule has 0 spiro atoms. The molecule has 8 nitrogen and oxygen atoms in total. The Labute approximate surface area is 190 Å². The van der Waals surface area contributed by atoms with Crippen LogP contribution in [-0.2, 0) is 15.8 Å². The average molecular weight is 455 g/mol. The molecule has 9 heteroatoms. The number of hydrogen-bond acceptors (Lipinski definition) is 7. The summed E-state index contributed by atoms with van der Waals surface area (Å²) in [5, 5.41) is 0.623. The van der Waals surface area contributed by atoms with Crippen LogP contribution >= 0.6 is 0 Å². The van der Waals surface area contributed by atoms with Gasteiger partial charge in [-0.05, 0) is 34.9 Å². The molecule has 5 rings (SSSR count). The molecule has 0 saturated carbocycles. The molecule has 33 heavy (non-hydrogen) atoms. The fourth-order valence-corrected chi connectivity index (χ4v) is 4.60. The normalized spacial score (nSPS) is 11.4. The van der Waals surface area contributed by atoms with Gasteiger partial charge in [0.25, 0.3) is 0 Å². The third-order valence-corrected chi connectivity index (χ3v) is 6.25. The summed E-state index contributed by atoms with van der Waals surface area (Å²) < 4.78 is 28.3. The predicted octanol–water partition coefficient (Wildman–Crippen LogP) is 4.09. The van der Waals surface area contributed by atoms with E-state index in [1.165, 1.54) is 18.9 Å². The van der Waals surface area contributed by atoms with E-state index in [-0.39, 0.29) is 11.6 Å². The lowest BCUT2D eigenvalue weighted by atomic mass is 10.0. The number of benzene rings is 2. The topological polar surface area (TPSA) is 111 Å². The third kappa shape index (κ3) is 4.68. The molecule has 0 amide bonds. The van der Waals surface area contributed by atoms with Gasteiger partial charge in [-0.15, -0.1) is 0 Å². The van der Waals surface area contributed by atoms with E-state index >= 15 is 0 Å². The monoisotopic (exact) mass is 454 g/mol. The number of anilines is 1. The van der Waals surface area contributed by atoms with E-state index < -0.39 is 10.0 Å². The van der Waals surface area contributed by atoms with E-state index in [0.29, 0.717) is 22.2 Å². The quantitative estimate of drug-likeness (QED) is 0.411. The molecule has 0 atom stereocenters. The van der Waals surface area contributed by atoms with Gasteiger partial charge in [-0.25, -0.2) is 28.4 Å². The van der Waals surface area contributed by atoms with Gasteiger partial charge in [0.15, 0.2) is 5.82 Å². The van der Waals surface area contributed by atoms with Crippen molar-refractivity contribution < 1.29 is 8.42 Å². The Morgan fingerprint density at radius 1 is 0.727 bits per heavy atom. The highest BCUT2D eigenvalue weighted by Gasteiger charge is 2.16. The molecule has 0 saturated heterocycles. The Bertz CT molecular complexity index is 1510. The first kappa shape index (κ1) is 20.7. The number of pyridine rings is 1. The highest BCUT2D eigenvalue weighted by molar-refractivity contribution is 7.91. The van der Waals surface area contributed by atoms with Crippen molar-refractivity contribution in [3.8, 4) is 22.4 Å². The lowest BCUT2D eigenvalue weighted by molar-refractivity contribution is 0.600. The maximum Gasteiger partial charge on any atom is 0.238 e. The zero-order valence-electron chi connectivity index (χ0n) is 17.3. The minimum atomic E-state index is -3.72. The zero-order valence-corrected chi connectivity index (χ0v) is 18.1. The van der Waals surface area contributed by atoms with Gasteiger partial charge < -0.3 is 0 Å². The van der Waals surface area contributed by atoms with Gasteiger partial charge in [0.05, 0.1) is 17.0 Å². The Morgan fingerprint density at radius 2 is 1.55 bits per heavy atom. The second-order valence-corrected chi connectivity index (χ2v) is 9.08. The van der Waals surface area contributed by atoms with Crippen molar-refractivity contribution in [3.05, 3.63) is 97.5 Å². The fourth-order valence-electron chi connectivity index (χ4n) is 3.46. The van der Waals surface area contributed by atoms with E-state index in [2.05, 4.69) is 29.6 Å². The first-order valence-electron chi connectivity index (χ1n) is 10.1. The maximum atomic E-state index is 12.8. The van der Waals surface area contributed by atoms with Crippen LogP contribution in [0.3, 0.4) is 0 Å². The van der Waals surface area contributed by atoms with Gasteiger partial charge in [0.1, 0.15) is 12.7 Å². The summed E-state index contributed by atoms with van der Waals surface area (Å²) >= 11 is 0. The Morgan fingerprint density at radius 3 is 2.30 bits per heavy atom. The summed E-state index contributed by atoms with van der Waals surface area (Å²) in [6.45, 7) is 0. The molecule has 0 fully saturated rings. The molecular weight excluding hydrogens is 436 g/mol.